The van der Waals surface area contributed by atoms with Crippen LogP contribution in [0.1, 0.15) is 31.2 Å². The number of hydrogen-bond acceptors (Lipinski definition) is 2. The Hall–Kier alpha value is -0.570. The number of carbonyl (C=O) groups excluding carboxylic acids is 1. The smallest absolute Gasteiger partial charge is 0.137 e. The van der Waals surface area contributed by atoms with Gasteiger partial charge in [-0.05, 0) is 56.0 Å². The molecule has 1 N–H and O–H groups in total. The van der Waals surface area contributed by atoms with Crippen molar-refractivity contribution < 1.29 is 4.79 Å². The maximum absolute atomic E-state index is 12.0. The van der Waals surface area contributed by atoms with Crippen molar-refractivity contribution in [2.75, 3.05) is 13.1 Å². The SMILES string of the molecule is O=C(CCC1CCCNC1)Cc1ccc(Cl)cc1Cl. The summed E-state index contributed by atoms with van der Waals surface area (Å²) in [7, 11) is 0. The molecular formula is C15H19Cl2NO. The number of piperidine rings is 1. The van der Waals surface area contributed by atoms with E-state index in [0.717, 1.165) is 25.1 Å². The van der Waals surface area contributed by atoms with Crippen molar-refractivity contribution in [3.8, 4) is 0 Å². The number of nitrogens with one attached hydrogen (secondary N) is 1. The number of ketones is 1. The van der Waals surface area contributed by atoms with E-state index in [2.05, 4.69) is 5.32 Å². The van der Waals surface area contributed by atoms with Gasteiger partial charge in [0.1, 0.15) is 5.78 Å². The molecule has 0 saturated carbocycles. The van der Waals surface area contributed by atoms with E-state index in [-0.39, 0.29) is 5.78 Å². The first-order chi connectivity index (χ1) is 9.15. The third-order valence-corrected chi connectivity index (χ3v) is 4.22. The predicted octanol–water partition coefficient (Wildman–Crippen LogP) is 3.88. The first-order valence-electron chi connectivity index (χ1n) is 6.81. The number of rotatable bonds is 5. The fourth-order valence-corrected chi connectivity index (χ4v) is 2.98. The first kappa shape index (κ1) is 14.8. The van der Waals surface area contributed by atoms with Crippen molar-refractivity contribution in [2.45, 2.75) is 32.1 Å². The van der Waals surface area contributed by atoms with Gasteiger partial charge in [-0.1, -0.05) is 29.3 Å². The molecule has 4 heteroatoms. The molecule has 1 aromatic rings. The van der Waals surface area contributed by atoms with Crippen molar-refractivity contribution in [1.82, 2.24) is 5.32 Å². The monoisotopic (exact) mass is 299 g/mol. The Kier molecular flexibility index (Phi) is 5.68. The average Bonchev–Trinajstić information content (AvgIpc) is 2.41. The van der Waals surface area contributed by atoms with E-state index in [1.54, 1.807) is 12.1 Å². The Bertz CT molecular complexity index is 442. The molecule has 0 amide bonds. The van der Waals surface area contributed by atoms with Crippen LogP contribution in [0.2, 0.25) is 10.0 Å². The fraction of sp³-hybridized carbons (Fsp3) is 0.533. The summed E-state index contributed by atoms with van der Waals surface area (Å²) < 4.78 is 0. The molecule has 1 aliphatic heterocycles. The third-order valence-electron chi connectivity index (χ3n) is 3.63. The zero-order valence-electron chi connectivity index (χ0n) is 10.9. The summed E-state index contributed by atoms with van der Waals surface area (Å²) in [6.07, 6.45) is 4.50. The van der Waals surface area contributed by atoms with Crippen LogP contribution in [-0.4, -0.2) is 18.9 Å². The minimum absolute atomic E-state index is 0.259. The topological polar surface area (TPSA) is 29.1 Å². The molecular weight excluding hydrogens is 281 g/mol. The lowest BCUT2D eigenvalue weighted by Gasteiger charge is -2.22. The molecule has 0 radical (unpaired) electrons. The molecule has 104 valence electrons. The van der Waals surface area contributed by atoms with Crippen LogP contribution in [0.3, 0.4) is 0 Å². The highest BCUT2D eigenvalue weighted by atomic mass is 35.5. The van der Waals surface area contributed by atoms with Crippen LogP contribution in [0.15, 0.2) is 18.2 Å². The van der Waals surface area contributed by atoms with Crippen LogP contribution in [-0.2, 0) is 11.2 Å². The van der Waals surface area contributed by atoms with Gasteiger partial charge in [-0.25, -0.2) is 0 Å². The van der Waals surface area contributed by atoms with Crippen LogP contribution >= 0.6 is 23.2 Å². The Balaban J connectivity index is 1.80. The number of carbonyl (C=O) groups is 1. The van der Waals surface area contributed by atoms with E-state index >= 15 is 0 Å². The van der Waals surface area contributed by atoms with Gasteiger partial charge in [-0.2, -0.15) is 0 Å². The Labute approximate surface area is 124 Å². The molecule has 0 aliphatic carbocycles. The second-order valence-corrected chi connectivity index (χ2v) is 6.05. The predicted molar refractivity (Wildman–Crippen MR) is 80.0 cm³/mol. The van der Waals surface area contributed by atoms with E-state index in [0.29, 0.717) is 28.8 Å². The summed E-state index contributed by atoms with van der Waals surface area (Å²) >= 11 is 11.9. The van der Waals surface area contributed by atoms with E-state index in [1.807, 2.05) is 6.07 Å². The van der Waals surface area contributed by atoms with Crippen LogP contribution in [0.4, 0.5) is 0 Å². The van der Waals surface area contributed by atoms with E-state index in [4.69, 9.17) is 23.2 Å². The second-order valence-electron chi connectivity index (χ2n) is 5.20. The standard InChI is InChI=1S/C15H19Cl2NO/c16-13-5-4-12(15(17)9-13)8-14(19)6-3-11-2-1-7-18-10-11/h4-5,9,11,18H,1-3,6-8,10H2. The third kappa shape index (κ3) is 4.79. The summed E-state index contributed by atoms with van der Waals surface area (Å²) in [5.41, 5.74) is 0.873. The first-order valence-corrected chi connectivity index (χ1v) is 7.57. The minimum atomic E-state index is 0.259. The molecule has 1 saturated heterocycles. The van der Waals surface area contributed by atoms with Gasteiger partial charge in [0.05, 0.1) is 0 Å². The van der Waals surface area contributed by atoms with Crippen molar-refractivity contribution in [3.63, 3.8) is 0 Å². The quantitative estimate of drug-likeness (QED) is 0.894. The van der Waals surface area contributed by atoms with Gasteiger partial charge in [0.15, 0.2) is 0 Å². The van der Waals surface area contributed by atoms with Crippen LogP contribution in [0, 0.1) is 5.92 Å². The van der Waals surface area contributed by atoms with Crippen LogP contribution in [0.5, 0.6) is 0 Å². The fourth-order valence-electron chi connectivity index (χ4n) is 2.50. The summed E-state index contributed by atoms with van der Waals surface area (Å²) in [6, 6.07) is 5.31. The van der Waals surface area contributed by atoms with Gasteiger partial charge >= 0.3 is 0 Å². The Morgan fingerprint density at radius 1 is 1.37 bits per heavy atom. The number of halogens is 2. The molecule has 1 unspecified atom stereocenters. The summed E-state index contributed by atoms with van der Waals surface area (Å²) in [5.74, 6) is 0.910. The molecule has 0 spiro atoms. The zero-order valence-corrected chi connectivity index (χ0v) is 12.4. The number of benzene rings is 1. The van der Waals surface area contributed by atoms with Gasteiger partial charge < -0.3 is 5.32 Å². The average molecular weight is 300 g/mol. The molecule has 1 aromatic carbocycles. The minimum Gasteiger partial charge on any atom is -0.316 e. The van der Waals surface area contributed by atoms with Gasteiger partial charge in [0, 0.05) is 22.9 Å². The maximum Gasteiger partial charge on any atom is 0.137 e. The normalized spacial score (nSPS) is 19.4. The van der Waals surface area contributed by atoms with Gasteiger partial charge in [-0.3, -0.25) is 4.79 Å². The lowest BCUT2D eigenvalue weighted by molar-refractivity contribution is -0.118. The summed E-state index contributed by atoms with van der Waals surface area (Å²) in [5, 5.41) is 4.57. The molecule has 2 nitrogen and oxygen atoms in total. The van der Waals surface area contributed by atoms with E-state index in [1.165, 1.54) is 12.8 Å². The van der Waals surface area contributed by atoms with Gasteiger partial charge in [-0.15, -0.1) is 0 Å². The summed E-state index contributed by atoms with van der Waals surface area (Å²) in [4.78, 5) is 12.0. The summed E-state index contributed by atoms with van der Waals surface area (Å²) in [6.45, 7) is 2.17. The molecule has 1 atom stereocenters. The molecule has 1 fully saturated rings. The lowest BCUT2D eigenvalue weighted by atomic mass is 9.92. The van der Waals surface area contributed by atoms with Gasteiger partial charge in [0.25, 0.3) is 0 Å². The number of Topliss-reactive ketones (excluding diaryl/α,β-unsaturated/α-hetero) is 1. The molecule has 2 rings (SSSR count). The number of hydrogen-bond donors (Lipinski definition) is 1. The largest absolute Gasteiger partial charge is 0.316 e. The molecule has 0 aromatic heterocycles. The highest BCUT2D eigenvalue weighted by molar-refractivity contribution is 6.35. The molecule has 1 heterocycles. The van der Waals surface area contributed by atoms with Gasteiger partial charge in [0.2, 0.25) is 0 Å². The van der Waals surface area contributed by atoms with E-state index in [9.17, 15) is 4.79 Å². The van der Waals surface area contributed by atoms with Crippen molar-refractivity contribution in [3.05, 3.63) is 33.8 Å². The lowest BCUT2D eigenvalue weighted by Crippen LogP contribution is -2.30. The van der Waals surface area contributed by atoms with Crippen molar-refractivity contribution in [2.24, 2.45) is 5.92 Å². The highest BCUT2D eigenvalue weighted by Crippen LogP contribution is 2.22. The van der Waals surface area contributed by atoms with Crippen LogP contribution in [0.25, 0.3) is 0 Å². The van der Waals surface area contributed by atoms with Crippen molar-refractivity contribution in [1.29, 1.82) is 0 Å². The van der Waals surface area contributed by atoms with E-state index < -0.39 is 0 Å². The Morgan fingerprint density at radius 2 is 2.21 bits per heavy atom. The second kappa shape index (κ2) is 7.28. The van der Waals surface area contributed by atoms with Crippen LogP contribution < -0.4 is 5.32 Å². The highest BCUT2D eigenvalue weighted by Gasteiger charge is 2.15. The Morgan fingerprint density at radius 3 is 2.89 bits per heavy atom. The molecule has 19 heavy (non-hydrogen) atoms. The maximum atomic E-state index is 12.0. The van der Waals surface area contributed by atoms with Crippen molar-refractivity contribution >= 4 is 29.0 Å². The molecule has 0 bridgehead atoms. The molecule has 1 aliphatic rings. The zero-order chi connectivity index (χ0) is 13.7.